The maximum absolute atomic E-state index is 13.0. The first-order valence-corrected chi connectivity index (χ1v) is 12.7. The van der Waals surface area contributed by atoms with Gasteiger partial charge in [-0.2, -0.15) is 0 Å². The number of rotatable bonds is 13. The molecule has 0 fully saturated rings. The van der Waals surface area contributed by atoms with E-state index in [4.69, 9.17) is 18.9 Å². The smallest absolute Gasteiger partial charge is 0.203 e. The van der Waals surface area contributed by atoms with Crippen LogP contribution in [0.3, 0.4) is 0 Å². The van der Waals surface area contributed by atoms with Crippen molar-refractivity contribution >= 4 is 5.78 Å². The fourth-order valence-corrected chi connectivity index (χ4v) is 3.90. The minimum absolute atomic E-state index is 0.00212. The number of phenolic OH excluding ortho intramolecular Hbond substituents is 1. The first-order chi connectivity index (χ1) is 16.9. The van der Waals surface area contributed by atoms with Crippen molar-refractivity contribution in [3.63, 3.8) is 0 Å². The number of aliphatic hydroxyl groups excluding tert-OH is 1. The van der Waals surface area contributed by atoms with E-state index in [2.05, 4.69) is 20.8 Å². The number of aliphatic hydroxyl groups is 1. The topological polar surface area (TPSA) is 94.5 Å². The van der Waals surface area contributed by atoms with Crippen molar-refractivity contribution in [3.05, 3.63) is 41.0 Å². The molecule has 2 atom stereocenters. The van der Waals surface area contributed by atoms with E-state index in [0.717, 1.165) is 44.1 Å². The van der Waals surface area contributed by atoms with Gasteiger partial charge >= 0.3 is 0 Å². The number of fused-ring (bicyclic) bond motifs is 1. The summed E-state index contributed by atoms with van der Waals surface area (Å²) < 4.78 is 24.4. The van der Waals surface area contributed by atoms with Crippen molar-refractivity contribution in [2.75, 3.05) is 19.8 Å². The minimum Gasteiger partial charge on any atom is -0.507 e. The Balaban J connectivity index is 2.04. The highest BCUT2D eigenvalue weighted by atomic mass is 16.5. The highest BCUT2D eigenvalue weighted by Gasteiger charge is 2.39. The van der Waals surface area contributed by atoms with E-state index in [-0.39, 0.29) is 17.1 Å². The molecule has 7 nitrogen and oxygen atoms in total. The number of aromatic hydroxyl groups is 1. The van der Waals surface area contributed by atoms with E-state index >= 15 is 0 Å². The molecule has 1 aliphatic heterocycles. The van der Waals surface area contributed by atoms with Crippen molar-refractivity contribution in [2.45, 2.75) is 78.4 Å². The normalized spacial score (nSPS) is 17.0. The van der Waals surface area contributed by atoms with E-state index in [9.17, 15) is 15.0 Å². The lowest BCUT2D eigenvalue weighted by molar-refractivity contribution is 0.0209. The summed E-state index contributed by atoms with van der Waals surface area (Å²) in [4.78, 5) is 13.0. The lowest BCUT2D eigenvalue weighted by atomic mass is 9.92. The van der Waals surface area contributed by atoms with Crippen LogP contribution in [0.2, 0.25) is 0 Å². The van der Waals surface area contributed by atoms with Crippen LogP contribution in [-0.2, 0) is 0 Å². The predicted molar refractivity (Wildman–Crippen MR) is 134 cm³/mol. The number of hydrogen-bond acceptors (Lipinski definition) is 7. The standard InChI is InChI=1S/C28H38O7/c1-5-8-11-32-22-16-19(17-23(33-12-9-6-2)28(22)34-13-10-7-3)27-26(31)25(30)24-20(29)14-18(4)15-21(24)35-27/h14-17,26-27,29,31H,5-13H2,1-4H3. The van der Waals surface area contributed by atoms with Crippen molar-refractivity contribution < 1.29 is 34.0 Å². The molecular weight excluding hydrogens is 448 g/mol. The zero-order valence-corrected chi connectivity index (χ0v) is 21.3. The highest BCUT2D eigenvalue weighted by molar-refractivity contribution is 6.05. The monoisotopic (exact) mass is 486 g/mol. The van der Waals surface area contributed by atoms with Crippen LogP contribution in [0.1, 0.15) is 86.9 Å². The number of ketones is 1. The third-order valence-electron chi connectivity index (χ3n) is 5.91. The number of unbranched alkanes of at least 4 members (excludes halogenated alkanes) is 3. The van der Waals surface area contributed by atoms with Crippen molar-refractivity contribution in [1.29, 1.82) is 0 Å². The van der Waals surface area contributed by atoms with Gasteiger partial charge in [0.1, 0.15) is 17.1 Å². The molecule has 2 aromatic carbocycles. The number of benzene rings is 2. The minimum atomic E-state index is -1.49. The molecule has 0 aromatic heterocycles. The molecule has 1 aliphatic rings. The molecule has 0 aliphatic carbocycles. The Morgan fingerprint density at radius 3 is 1.94 bits per heavy atom. The maximum Gasteiger partial charge on any atom is 0.203 e. The second kappa shape index (κ2) is 12.7. The molecular formula is C28H38O7. The first kappa shape index (κ1) is 26.7. The largest absolute Gasteiger partial charge is 0.507 e. The Morgan fingerprint density at radius 1 is 0.857 bits per heavy atom. The Morgan fingerprint density at radius 2 is 1.40 bits per heavy atom. The maximum atomic E-state index is 13.0. The van der Waals surface area contributed by atoms with Gasteiger partial charge in [-0.1, -0.05) is 40.0 Å². The van der Waals surface area contributed by atoms with E-state index in [1.165, 1.54) is 6.07 Å². The van der Waals surface area contributed by atoms with Gasteiger partial charge < -0.3 is 29.2 Å². The zero-order valence-electron chi connectivity index (χ0n) is 21.3. The molecule has 35 heavy (non-hydrogen) atoms. The van der Waals surface area contributed by atoms with Crippen LogP contribution in [-0.4, -0.2) is 41.9 Å². The number of aryl methyl sites for hydroxylation is 1. The molecule has 2 aromatic rings. The Hall–Kier alpha value is -2.93. The average Bonchev–Trinajstić information content (AvgIpc) is 2.82. The van der Waals surface area contributed by atoms with Crippen LogP contribution in [0.25, 0.3) is 0 Å². The number of carbonyl (C=O) groups is 1. The molecule has 0 bridgehead atoms. The molecule has 0 saturated carbocycles. The van der Waals surface area contributed by atoms with Gasteiger partial charge in [0.15, 0.2) is 23.7 Å². The van der Waals surface area contributed by atoms with Crippen LogP contribution >= 0.6 is 0 Å². The predicted octanol–water partition coefficient (Wildman–Crippen LogP) is 5.91. The van der Waals surface area contributed by atoms with Gasteiger partial charge in [-0.25, -0.2) is 0 Å². The summed E-state index contributed by atoms with van der Waals surface area (Å²) in [5, 5.41) is 21.2. The van der Waals surface area contributed by atoms with E-state index in [1.54, 1.807) is 25.1 Å². The van der Waals surface area contributed by atoms with Crippen molar-refractivity contribution in [3.8, 4) is 28.7 Å². The van der Waals surface area contributed by atoms with E-state index in [1.807, 2.05) is 0 Å². The second-order valence-corrected chi connectivity index (χ2v) is 8.96. The molecule has 192 valence electrons. The molecule has 0 saturated heterocycles. The third kappa shape index (κ3) is 6.40. The molecule has 7 heteroatoms. The number of ether oxygens (including phenoxy) is 4. The first-order valence-electron chi connectivity index (χ1n) is 12.7. The SMILES string of the molecule is CCCCOc1cc(C2Oc3cc(C)cc(O)c3C(=O)C2O)cc(OCCCC)c1OCCCC. The van der Waals surface area contributed by atoms with E-state index in [0.29, 0.717) is 42.6 Å². The Bertz CT molecular complexity index is 970. The van der Waals surface area contributed by atoms with Gasteiger partial charge in [0.05, 0.1) is 19.8 Å². The lowest BCUT2D eigenvalue weighted by Crippen LogP contribution is -2.36. The van der Waals surface area contributed by atoms with Gasteiger partial charge in [-0.3, -0.25) is 4.79 Å². The summed E-state index contributed by atoms with van der Waals surface area (Å²) >= 11 is 0. The van der Waals surface area contributed by atoms with Gasteiger partial charge in [-0.05, 0) is 56.0 Å². The summed E-state index contributed by atoms with van der Waals surface area (Å²) in [6.45, 7) is 9.60. The van der Waals surface area contributed by atoms with Crippen LogP contribution in [0.4, 0.5) is 0 Å². The molecule has 2 N–H and O–H groups in total. The molecule has 1 heterocycles. The average molecular weight is 487 g/mol. The molecule has 3 rings (SSSR count). The van der Waals surface area contributed by atoms with Gasteiger partial charge in [0, 0.05) is 5.56 Å². The van der Waals surface area contributed by atoms with Gasteiger partial charge in [0.2, 0.25) is 11.5 Å². The molecule has 2 unspecified atom stereocenters. The fraction of sp³-hybridized carbons (Fsp3) is 0.536. The van der Waals surface area contributed by atoms with Crippen molar-refractivity contribution in [1.82, 2.24) is 0 Å². The summed E-state index contributed by atoms with van der Waals surface area (Å²) in [6, 6.07) is 6.68. The molecule has 0 radical (unpaired) electrons. The summed E-state index contributed by atoms with van der Waals surface area (Å²) in [7, 11) is 0. The van der Waals surface area contributed by atoms with E-state index < -0.39 is 18.0 Å². The van der Waals surface area contributed by atoms with Gasteiger partial charge in [0.25, 0.3) is 0 Å². The van der Waals surface area contributed by atoms with Crippen LogP contribution < -0.4 is 18.9 Å². The zero-order chi connectivity index (χ0) is 25.4. The van der Waals surface area contributed by atoms with Gasteiger partial charge in [-0.15, -0.1) is 0 Å². The number of phenols is 1. The summed E-state index contributed by atoms with van der Waals surface area (Å²) in [6.07, 6.45) is 3.11. The quantitative estimate of drug-likeness (QED) is 0.340. The molecule has 0 spiro atoms. The highest BCUT2D eigenvalue weighted by Crippen LogP contribution is 2.45. The van der Waals surface area contributed by atoms with Crippen LogP contribution in [0.5, 0.6) is 28.7 Å². The summed E-state index contributed by atoms with van der Waals surface area (Å²) in [5.41, 5.74) is 1.28. The van der Waals surface area contributed by atoms with Crippen LogP contribution in [0.15, 0.2) is 24.3 Å². The molecule has 0 amide bonds. The fourth-order valence-electron chi connectivity index (χ4n) is 3.90. The number of hydrogen-bond donors (Lipinski definition) is 2. The third-order valence-corrected chi connectivity index (χ3v) is 5.91. The number of Topliss-reactive ketones (excluding diaryl/α,β-unsaturated/α-hetero) is 1. The Kier molecular flexibility index (Phi) is 9.66. The lowest BCUT2D eigenvalue weighted by Gasteiger charge is -2.31. The van der Waals surface area contributed by atoms with Crippen molar-refractivity contribution in [2.24, 2.45) is 0 Å². The van der Waals surface area contributed by atoms with Crippen LogP contribution in [0, 0.1) is 6.92 Å². The summed E-state index contributed by atoms with van der Waals surface area (Å²) in [5.74, 6) is 0.987. The second-order valence-electron chi connectivity index (χ2n) is 8.96. The Labute approximate surface area is 208 Å². The number of carbonyl (C=O) groups excluding carboxylic acids is 1.